The van der Waals surface area contributed by atoms with Crippen LogP contribution in [0.3, 0.4) is 0 Å². The van der Waals surface area contributed by atoms with Crippen LogP contribution in [-0.2, 0) is 30.4 Å². The van der Waals surface area contributed by atoms with E-state index < -0.39 is 52.5 Å². The Hall–Kier alpha value is -2.47. The van der Waals surface area contributed by atoms with Crippen LogP contribution in [-0.4, -0.2) is 68.5 Å². The van der Waals surface area contributed by atoms with Gasteiger partial charge in [0.25, 0.3) is 16.0 Å². The lowest BCUT2D eigenvalue weighted by molar-refractivity contribution is -0.133. The Bertz CT molecular complexity index is 936. The fourth-order valence-corrected chi connectivity index (χ4v) is 3.67. The number of nitrogens with zero attached hydrogens (tertiary/aromatic N) is 1. The second-order valence-corrected chi connectivity index (χ2v) is 10.6. The number of ether oxygens (including phenoxy) is 2. The molecule has 0 bridgehead atoms. The summed E-state index contributed by atoms with van der Waals surface area (Å²) < 4.78 is 68.1. The summed E-state index contributed by atoms with van der Waals surface area (Å²) in [6.45, 7) is 2.74. The first-order valence-electron chi connectivity index (χ1n) is 10.3. The molecule has 1 unspecified atom stereocenters. The van der Waals surface area contributed by atoms with Gasteiger partial charge >= 0.3 is 12.2 Å². The molecule has 2 amide bonds. The molecular weight excluding hydrogens is 462 g/mol. The number of carbonyl (C=O) groups is 2. The predicted molar refractivity (Wildman–Crippen MR) is 115 cm³/mol. The van der Waals surface area contributed by atoms with Gasteiger partial charge in [0.1, 0.15) is 24.4 Å². The quantitative estimate of drug-likeness (QED) is 0.582. The minimum atomic E-state index is -4.18. The number of hydrogen-bond acceptors (Lipinski definition) is 7. The molecule has 1 aliphatic rings. The second-order valence-electron chi connectivity index (χ2n) is 8.95. The van der Waals surface area contributed by atoms with Gasteiger partial charge in [0.05, 0.1) is 12.8 Å². The van der Waals surface area contributed by atoms with Crippen molar-refractivity contribution < 1.29 is 40.4 Å². The molecule has 0 aromatic heterocycles. The molecule has 1 aliphatic heterocycles. The molecule has 0 spiro atoms. The fourth-order valence-electron chi connectivity index (χ4n) is 3.30. The molecule has 12 heteroatoms. The zero-order valence-corrected chi connectivity index (χ0v) is 19.9. The Kier molecular flexibility index (Phi) is 8.28. The molecule has 0 radical (unpaired) electrons. The van der Waals surface area contributed by atoms with Crippen LogP contribution in [0.4, 0.5) is 18.4 Å². The third kappa shape index (κ3) is 8.11. The largest absolute Gasteiger partial charge is 0.445 e. The first kappa shape index (κ1) is 26.8. The SMILES string of the molecule is CC(C)(C)OC(=O)N1CCCC(NC(=O)OCc2ccccc2)(C(F)(F)COS(C)(=O)=O)C1. The van der Waals surface area contributed by atoms with Gasteiger partial charge in [-0.2, -0.15) is 8.42 Å². The van der Waals surface area contributed by atoms with E-state index in [0.29, 0.717) is 11.8 Å². The van der Waals surface area contributed by atoms with Gasteiger partial charge in [-0.05, 0) is 39.2 Å². The third-order valence-corrected chi connectivity index (χ3v) is 5.40. The number of piperidine rings is 1. The van der Waals surface area contributed by atoms with E-state index in [9.17, 15) is 18.0 Å². The van der Waals surface area contributed by atoms with Crippen molar-refractivity contribution in [2.75, 3.05) is 26.0 Å². The number of nitrogens with one attached hydrogen (secondary N) is 1. The van der Waals surface area contributed by atoms with E-state index in [1.807, 2.05) is 0 Å². The van der Waals surface area contributed by atoms with Crippen LogP contribution in [0, 0.1) is 0 Å². The monoisotopic (exact) mass is 492 g/mol. The normalized spacial score (nSPS) is 19.6. The van der Waals surface area contributed by atoms with Crippen molar-refractivity contribution in [3.63, 3.8) is 0 Å². The van der Waals surface area contributed by atoms with E-state index in [2.05, 4.69) is 9.50 Å². The van der Waals surface area contributed by atoms with Gasteiger partial charge in [0.2, 0.25) is 0 Å². The summed E-state index contributed by atoms with van der Waals surface area (Å²) in [4.78, 5) is 26.1. The highest BCUT2D eigenvalue weighted by Crippen LogP contribution is 2.37. The number of benzene rings is 1. The molecule has 1 atom stereocenters. The van der Waals surface area contributed by atoms with Crippen LogP contribution < -0.4 is 5.32 Å². The first-order chi connectivity index (χ1) is 15.1. The van der Waals surface area contributed by atoms with Crippen LogP contribution in [0.2, 0.25) is 0 Å². The molecule has 186 valence electrons. The number of likely N-dealkylation sites (tertiary alicyclic amines) is 1. The third-order valence-electron chi connectivity index (χ3n) is 4.85. The molecule has 0 saturated carbocycles. The molecule has 33 heavy (non-hydrogen) atoms. The minimum Gasteiger partial charge on any atom is -0.445 e. The Balaban J connectivity index is 2.24. The number of rotatable bonds is 7. The maximum Gasteiger partial charge on any atom is 0.410 e. The molecular formula is C21H30F2N2O7S. The van der Waals surface area contributed by atoms with E-state index in [-0.39, 0.29) is 26.0 Å². The highest BCUT2D eigenvalue weighted by molar-refractivity contribution is 7.85. The van der Waals surface area contributed by atoms with Crippen LogP contribution in [0.25, 0.3) is 0 Å². The average Bonchev–Trinajstić information content (AvgIpc) is 2.70. The molecule has 1 N–H and O–H groups in total. The Morgan fingerprint density at radius 1 is 1.18 bits per heavy atom. The number of alkyl carbamates (subject to hydrolysis) is 1. The lowest BCUT2D eigenvalue weighted by Gasteiger charge is -2.46. The first-order valence-corrected chi connectivity index (χ1v) is 12.1. The summed E-state index contributed by atoms with van der Waals surface area (Å²) in [6, 6.07) is 8.63. The van der Waals surface area contributed by atoms with E-state index in [1.54, 1.807) is 51.1 Å². The molecule has 2 rings (SSSR count). The van der Waals surface area contributed by atoms with Gasteiger partial charge in [-0.25, -0.2) is 18.4 Å². The van der Waals surface area contributed by atoms with E-state index >= 15 is 8.78 Å². The summed E-state index contributed by atoms with van der Waals surface area (Å²) in [5.74, 6) is -3.86. The molecule has 1 aromatic carbocycles. The number of amides is 2. The maximum atomic E-state index is 15.4. The summed E-state index contributed by atoms with van der Waals surface area (Å²) >= 11 is 0. The van der Waals surface area contributed by atoms with Crippen molar-refractivity contribution in [3.8, 4) is 0 Å². The minimum absolute atomic E-state index is 0.104. The van der Waals surface area contributed by atoms with Crippen LogP contribution in [0.15, 0.2) is 30.3 Å². The summed E-state index contributed by atoms with van der Waals surface area (Å²) in [5.41, 5.74) is -2.55. The number of carbonyl (C=O) groups excluding carboxylic acids is 2. The van der Waals surface area contributed by atoms with E-state index in [0.717, 1.165) is 4.90 Å². The standard InChI is InChI=1S/C21H30F2N2O7S/c1-19(2,3)32-18(27)25-12-8-11-20(14-25,21(22,23)15-31-33(4,28)29)24-17(26)30-13-16-9-6-5-7-10-16/h5-7,9-10H,8,11-15H2,1-4H3,(H,24,26). The van der Waals surface area contributed by atoms with Crippen molar-refractivity contribution >= 4 is 22.3 Å². The molecule has 1 saturated heterocycles. The van der Waals surface area contributed by atoms with Gasteiger partial charge in [-0.1, -0.05) is 30.3 Å². The molecule has 0 aliphatic carbocycles. The van der Waals surface area contributed by atoms with E-state index in [4.69, 9.17) is 9.47 Å². The topological polar surface area (TPSA) is 111 Å². The number of halogens is 2. The maximum absolute atomic E-state index is 15.4. The molecule has 1 fully saturated rings. The van der Waals surface area contributed by atoms with Crippen LogP contribution in [0.5, 0.6) is 0 Å². The Morgan fingerprint density at radius 3 is 2.39 bits per heavy atom. The summed E-state index contributed by atoms with van der Waals surface area (Å²) in [5, 5.41) is 2.19. The van der Waals surface area contributed by atoms with Gasteiger partial charge in [-0.3, -0.25) is 4.18 Å². The fraction of sp³-hybridized carbons (Fsp3) is 0.619. The van der Waals surface area contributed by atoms with Gasteiger partial charge in [0, 0.05) is 6.54 Å². The second kappa shape index (κ2) is 10.2. The zero-order chi connectivity index (χ0) is 24.9. The summed E-state index contributed by atoms with van der Waals surface area (Å²) in [6.07, 6.45) is -1.46. The van der Waals surface area contributed by atoms with Crippen molar-refractivity contribution in [1.82, 2.24) is 10.2 Å². The zero-order valence-electron chi connectivity index (χ0n) is 19.1. The van der Waals surface area contributed by atoms with Crippen molar-refractivity contribution in [2.45, 2.75) is 57.3 Å². The van der Waals surface area contributed by atoms with Crippen LogP contribution in [0.1, 0.15) is 39.2 Å². The van der Waals surface area contributed by atoms with Crippen molar-refractivity contribution in [3.05, 3.63) is 35.9 Å². The highest BCUT2D eigenvalue weighted by atomic mass is 32.2. The van der Waals surface area contributed by atoms with Crippen LogP contribution >= 0.6 is 0 Å². The average molecular weight is 493 g/mol. The number of alkyl halides is 2. The van der Waals surface area contributed by atoms with Crippen molar-refractivity contribution in [1.29, 1.82) is 0 Å². The van der Waals surface area contributed by atoms with Gasteiger partial charge in [-0.15, -0.1) is 0 Å². The van der Waals surface area contributed by atoms with Gasteiger partial charge < -0.3 is 19.7 Å². The van der Waals surface area contributed by atoms with E-state index in [1.165, 1.54) is 0 Å². The predicted octanol–water partition coefficient (Wildman–Crippen LogP) is 3.29. The molecule has 9 nitrogen and oxygen atoms in total. The van der Waals surface area contributed by atoms with Crippen molar-refractivity contribution in [2.24, 2.45) is 0 Å². The number of hydrogen-bond donors (Lipinski definition) is 1. The lowest BCUT2D eigenvalue weighted by atomic mass is 9.83. The Labute approximate surface area is 192 Å². The lowest BCUT2D eigenvalue weighted by Crippen LogP contribution is -2.69. The molecule has 1 heterocycles. The molecule has 1 aromatic rings. The smallest absolute Gasteiger partial charge is 0.410 e. The Morgan fingerprint density at radius 2 is 1.82 bits per heavy atom. The summed E-state index contributed by atoms with van der Waals surface area (Å²) in [7, 11) is -4.18. The van der Waals surface area contributed by atoms with Gasteiger partial charge in [0.15, 0.2) is 0 Å². The highest BCUT2D eigenvalue weighted by Gasteiger charge is 2.58.